The van der Waals surface area contributed by atoms with Crippen LogP contribution in [0.5, 0.6) is 0 Å². The number of ether oxygens (including phenoxy) is 3. The van der Waals surface area contributed by atoms with Gasteiger partial charge in [-0.3, -0.25) is 4.52 Å². The molecule has 0 amide bonds. The molecule has 3 heterocycles. The molecule has 2 aliphatic rings. The lowest BCUT2D eigenvalue weighted by Gasteiger charge is -2.60. The zero-order chi connectivity index (χ0) is 28.7. The van der Waals surface area contributed by atoms with Crippen molar-refractivity contribution >= 4 is 38.3 Å². The Morgan fingerprint density at radius 1 is 0.805 bits per heavy atom. The largest absolute Gasteiger partial charge is 0.399 e. The number of hydrogen-bond acceptors (Lipinski definition) is 7. The molecule has 0 saturated carbocycles. The van der Waals surface area contributed by atoms with Crippen molar-refractivity contribution < 1.29 is 31.7 Å². The van der Waals surface area contributed by atoms with Gasteiger partial charge in [-0.2, -0.15) is 0 Å². The molecule has 9 heteroatoms. The minimum absolute atomic E-state index is 0.0800. The van der Waals surface area contributed by atoms with Crippen LogP contribution in [0, 0.1) is 0 Å². The Kier molecular flexibility index (Phi) is 8.08. The lowest BCUT2D eigenvalue weighted by Crippen LogP contribution is -2.60. The van der Waals surface area contributed by atoms with E-state index in [1.54, 1.807) is 0 Å². The van der Waals surface area contributed by atoms with Crippen molar-refractivity contribution in [3.8, 4) is 0 Å². The molecule has 0 spiro atoms. The molecule has 5 atom stereocenters. The Morgan fingerprint density at radius 3 is 1.98 bits per heavy atom. The van der Waals surface area contributed by atoms with E-state index >= 15 is 0 Å². The number of para-hydroxylation sites is 2. The zero-order valence-corrected chi connectivity index (χ0v) is 26.1. The molecule has 4 aromatic rings. The predicted octanol–water partition coefficient (Wildman–Crippen LogP) is 9.25. The Bertz CT molecular complexity index is 1510. The fourth-order valence-electron chi connectivity index (χ4n) is 6.46. The van der Waals surface area contributed by atoms with E-state index in [4.69, 9.17) is 31.7 Å². The van der Waals surface area contributed by atoms with Gasteiger partial charge < -0.3 is 27.1 Å². The fraction of sp³-hybridized carbons (Fsp3) is 0.438. The molecule has 2 fully saturated rings. The first kappa shape index (κ1) is 28.9. The first-order valence-electron chi connectivity index (χ1n) is 14.2. The number of rotatable bonds is 8. The quantitative estimate of drug-likeness (QED) is 0.188. The van der Waals surface area contributed by atoms with Crippen LogP contribution in [0.1, 0.15) is 58.6 Å². The average Bonchev–Trinajstić information content (AvgIpc) is 3.07. The minimum atomic E-state index is -1.67. The third kappa shape index (κ3) is 5.87. The summed E-state index contributed by atoms with van der Waals surface area (Å²) in [7, 11) is -2.80. The predicted molar refractivity (Wildman–Crippen MR) is 162 cm³/mol. The second kappa shape index (κ2) is 11.5. The van der Waals surface area contributed by atoms with Gasteiger partial charge in [0.1, 0.15) is 21.9 Å². The third-order valence-electron chi connectivity index (χ3n) is 7.72. The van der Waals surface area contributed by atoms with E-state index in [2.05, 4.69) is 32.9 Å². The summed E-state index contributed by atoms with van der Waals surface area (Å²) in [6.45, 7) is 11.8. The summed E-state index contributed by atoms with van der Waals surface area (Å²) in [6, 6.07) is 24.1. The van der Waals surface area contributed by atoms with Crippen LogP contribution in [0.4, 0.5) is 0 Å². The summed E-state index contributed by atoms with van der Waals surface area (Å²) < 4.78 is 44.8. The highest BCUT2D eigenvalue weighted by Gasteiger charge is 2.62. The fourth-order valence-corrected chi connectivity index (χ4v) is 10.7. The van der Waals surface area contributed by atoms with Gasteiger partial charge >= 0.3 is 8.24 Å². The van der Waals surface area contributed by atoms with Crippen molar-refractivity contribution in [1.82, 2.24) is 0 Å². The lowest BCUT2D eigenvalue weighted by atomic mass is 10.0. The van der Waals surface area contributed by atoms with Gasteiger partial charge in [0.25, 0.3) is 0 Å². The molecule has 218 valence electrons. The van der Waals surface area contributed by atoms with Crippen LogP contribution in [-0.2, 0) is 31.9 Å². The summed E-state index contributed by atoms with van der Waals surface area (Å²) >= 11 is 0. The van der Waals surface area contributed by atoms with E-state index in [0.717, 1.165) is 39.5 Å². The molecule has 2 saturated heterocycles. The molecule has 3 aromatic carbocycles. The van der Waals surface area contributed by atoms with Gasteiger partial charge in [0.05, 0.1) is 27.5 Å². The van der Waals surface area contributed by atoms with Gasteiger partial charge in [-0.25, -0.2) is 0 Å². The maximum Gasteiger partial charge on any atom is 0.387 e. The highest BCUT2D eigenvalue weighted by atomic mass is 31.1. The van der Waals surface area contributed by atoms with Crippen molar-refractivity contribution in [3.05, 3.63) is 83.9 Å². The van der Waals surface area contributed by atoms with Crippen molar-refractivity contribution in [3.63, 3.8) is 0 Å². The van der Waals surface area contributed by atoms with Crippen LogP contribution in [0.3, 0.4) is 0 Å². The minimum Gasteiger partial charge on any atom is -0.399 e. The normalized spacial score (nSPS) is 29.6. The molecule has 0 radical (unpaired) electrons. The van der Waals surface area contributed by atoms with Gasteiger partial charge in [0, 0.05) is 30.2 Å². The molecule has 41 heavy (non-hydrogen) atoms. The van der Waals surface area contributed by atoms with Crippen molar-refractivity contribution in [2.75, 3.05) is 6.61 Å². The maximum atomic E-state index is 6.81. The molecule has 1 aromatic heterocycles. The van der Waals surface area contributed by atoms with Crippen LogP contribution >= 0.6 is 16.4 Å². The summed E-state index contributed by atoms with van der Waals surface area (Å²) in [6.07, 6.45) is 1.45. The van der Waals surface area contributed by atoms with Gasteiger partial charge in [0.2, 0.25) is 0 Å². The molecule has 5 unspecified atom stereocenters. The van der Waals surface area contributed by atoms with E-state index in [1.165, 1.54) is 0 Å². The molecule has 7 nitrogen and oxygen atoms in total. The molecule has 6 rings (SSSR count). The van der Waals surface area contributed by atoms with Gasteiger partial charge in [-0.15, -0.1) is 0 Å². The lowest BCUT2D eigenvalue weighted by molar-refractivity contribution is -0.337. The molecular formula is C32H38O7P2. The molecule has 2 bridgehead atoms. The highest BCUT2D eigenvalue weighted by Crippen LogP contribution is 2.71. The smallest absolute Gasteiger partial charge is 0.387 e. The second-order valence-corrected chi connectivity index (χ2v) is 15.1. The van der Waals surface area contributed by atoms with Crippen LogP contribution in [0.25, 0.3) is 21.9 Å². The van der Waals surface area contributed by atoms with E-state index in [-0.39, 0.29) is 6.10 Å². The van der Waals surface area contributed by atoms with Gasteiger partial charge in [-0.05, 0) is 57.9 Å². The molecule has 0 N–H and O–H groups in total. The topological polar surface area (TPSA) is 72.4 Å². The van der Waals surface area contributed by atoms with Gasteiger partial charge in [0.15, 0.2) is 5.79 Å². The molecule has 2 aliphatic heterocycles. The van der Waals surface area contributed by atoms with E-state index < -0.39 is 32.9 Å². The number of benzene rings is 3. The summed E-state index contributed by atoms with van der Waals surface area (Å²) in [5.74, 6) is -0.692. The Hall–Kier alpha value is -2.21. The second-order valence-electron chi connectivity index (χ2n) is 11.3. The highest BCUT2D eigenvalue weighted by molar-refractivity contribution is 7.55. The third-order valence-corrected chi connectivity index (χ3v) is 11.4. The SMILES string of the molecule is CCOC1(C)CC2(C)OC(C)CC(C)(O2)P1OCc1ccccc1COp1oc2ccccc2c2ccccc2o1. The first-order valence-corrected chi connectivity index (χ1v) is 16.6. The monoisotopic (exact) mass is 596 g/mol. The van der Waals surface area contributed by atoms with E-state index in [9.17, 15) is 0 Å². The van der Waals surface area contributed by atoms with Crippen molar-refractivity contribution in [2.45, 2.75) is 83.2 Å². The average molecular weight is 597 g/mol. The Labute approximate surface area is 243 Å². The van der Waals surface area contributed by atoms with E-state index in [0.29, 0.717) is 26.2 Å². The van der Waals surface area contributed by atoms with Gasteiger partial charge in [-0.1, -0.05) is 60.7 Å². The van der Waals surface area contributed by atoms with Crippen LogP contribution in [0.15, 0.2) is 81.2 Å². The zero-order valence-electron chi connectivity index (χ0n) is 24.3. The van der Waals surface area contributed by atoms with Crippen molar-refractivity contribution in [1.29, 1.82) is 0 Å². The number of hydrogen-bond donors (Lipinski definition) is 0. The Balaban J connectivity index is 1.25. The van der Waals surface area contributed by atoms with E-state index in [1.807, 2.05) is 74.5 Å². The Morgan fingerprint density at radius 2 is 1.37 bits per heavy atom. The summed E-state index contributed by atoms with van der Waals surface area (Å²) in [4.78, 5) is 0. The van der Waals surface area contributed by atoms with Crippen LogP contribution in [-0.4, -0.2) is 29.2 Å². The molecular weight excluding hydrogens is 558 g/mol. The van der Waals surface area contributed by atoms with Crippen molar-refractivity contribution in [2.24, 2.45) is 0 Å². The number of fused-ring (bicyclic) bond motifs is 5. The molecule has 0 aliphatic carbocycles. The van der Waals surface area contributed by atoms with Crippen LogP contribution < -0.4 is 4.52 Å². The van der Waals surface area contributed by atoms with Crippen LogP contribution in [0.2, 0.25) is 0 Å². The summed E-state index contributed by atoms with van der Waals surface area (Å²) in [5, 5.41) is 1.00. The summed E-state index contributed by atoms with van der Waals surface area (Å²) in [5.41, 5.74) is 3.58. The first-order chi connectivity index (χ1) is 19.7. The maximum absolute atomic E-state index is 6.81. The standard InChI is InChI=1S/C32H38O7P2/c1-6-33-32(5)22-30(3)36-23(2)19-31(4,39-30)40(32)34-20-24-13-7-8-14-25(24)21-35-41-37-28-17-11-9-15-26(28)27-16-10-12-18-29(27)38-41/h7-18,23H,6,19-22H2,1-5H3.